The second-order valence-electron chi connectivity index (χ2n) is 9.80. The monoisotopic (exact) mass is 588 g/mol. The molecule has 1 aliphatic rings. The van der Waals surface area contributed by atoms with Crippen LogP contribution in [-0.4, -0.2) is 35.8 Å². The number of nitriles is 1. The fraction of sp³-hybridized carbons (Fsp3) is 0.308. The average Bonchev–Trinajstić information content (AvgIpc) is 3.48. The largest absolute Gasteiger partial charge is 0.444 e. The van der Waals surface area contributed by atoms with E-state index >= 15 is 4.39 Å². The molecule has 1 N–H and O–H groups in total. The third kappa shape index (κ3) is 4.69. The first kappa shape index (κ1) is 27.2. The Morgan fingerprint density at radius 2 is 2.00 bits per heavy atom. The predicted molar refractivity (Wildman–Crippen MR) is 146 cm³/mol. The van der Waals surface area contributed by atoms with E-state index in [9.17, 15) is 18.5 Å². The number of hydrogen-bond donors (Lipinski definition) is 1. The molecular weight excluding hydrogens is 567 g/mol. The minimum absolute atomic E-state index is 0.00680. The number of sulfone groups is 1. The molecule has 0 bridgehead atoms. The third-order valence-electron chi connectivity index (χ3n) is 6.12. The van der Waals surface area contributed by atoms with Crippen LogP contribution in [-0.2, 0) is 32.5 Å². The Morgan fingerprint density at radius 1 is 1.28 bits per heavy atom. The van der Waals surface area contributed by atoms with Gasteiger partial charge in [0.05, 0.1) is 35.1 Å². The minimum Gasteiger partial charge on any atom is -0.444 e. The summed E-state index contributed by atoms with van der Waals surface area (Å²) in [4.78, 5) is 20.8. The maximum atomic E-state index is 15.7. The summed E-state index contributed by atoms with van der Waals surface area (Å²) in [6, 6.07) is 4.85. The summed E-state index contributed by atoms with van der Waals surface area (Å²) in [5, 5.41) is 13.3. The first-order valence-corrected chi connectivity index (χ1v) is 14.7. The van der Waals surface area contributed by atoms with E-state index in [2.05, 4.69) is 21.4 Å². The minimum atomic E-state index is -3.75. The van der Waals surface area contributed by atoms with Gasteiger partial charge >= 0.3 is 6.09 Å². The van der Waals surface area contributed by atoms with Gasteiger partial charge in [-0.25, -0.2) is 27.6 Å². The molecule has 0 unspecified atom stereocenters. The Kier molecular flexibility index (Phi) is 6.75. The zero-order valence-electron chi connectivity index (χ0n) is 21.3. The summed E-state index contributed by atoms with van der Waals surface area (Å²) in [5.74, 6) is -0.870. The maximum Gasteiger partial charge on any atom is 0.412 e. The van der Waals surface area contributed by atoms with Gasteiger partial charge in [0, 0.05) is 32.8 Å². The smallest absolute Gasteiger partial charge is 0.412 e. The van der Waals surface area contributed by atoms with Crippen molar-refractivity contribution in [2.75, 3.05) is 11.1 Å². The topological polar surface area (TPSA) is 131 Å². The van der Waals surface area contributed by atoms with Gasteiger partial charge in [-0.2, -0.15) is 5.26 Å². The Morgan fingerprint density at radius 3 is 2.67 bits per heavy atom. The van der Waals surface area contributed by atoms with Gasteiger partial charge in [-0.1, -0.05) is 18.5 Å². The van der Waals surface area contributed by atoms with Gasteiger partial charge in [0.2, 0.25) is 15.0 Å². The number of carbonyl (C=O) groups is 1. The van der Waals surface area contributed by atoms with E-state index in [-0.39, 0.29) is 61.7 Å². The summed E-state index contributed by atoms with van der Waals surface area (Å²) in [5.41, 5.74) is 0.926. The van der Waals surface area contributed by atoms with E-state index in [0.29, 0.717) is 21.2 Å². The van der Waals surface area contributed by atoms with Crippen LogP contribution in [0.25, 0.3) is 32.1 Å². The van der Waals surface area contributed by atoms with E-state index in [0.717, 1.165) is 11.3 Å². The van der Waals surface area contributed by atoms with Gasteiger partial charge < -0.3 is 9.47 Å². The number of amides is 1. The molecule has 0 radical (unpaired) electrons. The Labute approximate surface area is 232 Å². The molecule has 1 aliphatic heterocycles. The van der Waals surface area contributed by atoms with Crippen LogP contribution >= 0.6 is 22.9 Å². The van der Waals surface area contributed by atoms with E-state index in [4.69, 9.17) is 21.1 Å². The van der Waals surface area contributed by atoms with Crippen LogP contribution < -0.4 is 5.32 Å². The molecule has 2 aromatic carbocycles. The van der Waals surface area contributed by atoms with Crippen molar-refractivity contribution in [1.82, 2.24) is 9.97 Å². The van der Waals surface area contributed by atoms with Gasteiger partial charge in [0.1, 0.15) is 22.5 Å². The molecule has 5 rings (SSSR count). The molecule has 2 aromatic heterocycles. The standard InChI is InChI=1S/C26H22ClFN4O5S2/c1-5-39(34,35)24-30-9-13-14-10-36-11-15(14)19(21(27)22(13)31-24)20-16(28)6-7-17-18(20)12(8-29)23(38-17)32-25(33)37-26(2,3)4/h6-7,9H,5,10-11H2,1-4H3,(H,32,33). The molecule has 3 heterocycles. The molecule has 0 aliphatic carbocycles. The van der Waals surface area contributed by atoms with Crippen LogP contribution in [0.3, 0.4) is 0 Å². The highest BCUT2D eigenvalue weighted by Gasteiger charge is 2.31. The van der Waals surface area contributed by atoms with Gasteiger partial charge in [-0.15, -0.1) is 11.3 Å². The number of nitrogens with zero attached hydrogens (tertiary/aromatic N) is 3. The molecule has 0 spiro atoms. The highest BCUT2D eigenvalue weighted by molar-refractivity contribution is 7.91. The van der Waals surface area contributed by atoms with Crippen molar-refractivity contribution in [2.24, 2.45) is 0 Å². The van der Waals surface area contributed by atoms with Crippen molar-refractivity contribution >= 4 is 64.9 Å². The van der Waals surface area contributed by atoms with Crippen molar-refractivity contribution in [3.8, 4) is 17.2 Å². The maximum absolute atomic E-state index is 15.7. The van der Waals surface area contributed by atoms with E-state index in [1.165, 1.54) is 25.3 Å². The van der Waals surface area contributed by atoms with Crippen molar-refractivity contribution < 1.29 is 27.1 Å². The van der Waals surface area contributed by atoms with Crippen LogP contribution in [0.5, 0.6) is 0 Å². The summed E-state index contributed by atoms with van der Waals surface area (Å²) in [6.07, 6.45) is 0.631. The molecule has 0 saturated carbocycles. The van der Waals surface area contributed by atoms with Gasteiger partial charge in [-0.3, -0.25) is 5.32 Å². The lowest BCUT2D eigenvalue weighted by atomic mass is 9.91. The Balaban J connectivity index is 1.81. The zero-order valence-corrected chi connectivity index (χ0v) is 23.7. The lowest BCUT2D eigenvalue weighted by Crippen LogP contribution is -2.27. The summed E-state index contributed by atoms with van der Waals surface area (Å²) in [7, 11) is -3.75. The number of hydrogen-bond acceptors (Lipinski definition) is 9. The first-order valence-electron chi connectivity index (χ1n) is 11.8. The van der Waals surface area contributed by atoms with E-state index in [1.54, 1.807) is 20.8 Å². The van der Waals surface area contributed by atoms with Crippen molar-refractivity contribution in [2.45, 2.75) is 51.7 Å². The predicted octanol–water partition coefficient (Wildman–Crippen LogP) is 6.35. The summed E-state index contributed by atoms with van der Waals surface area (Å²) in [6.45, 7) is 6.88. The number of aromatic nitrogens is 2. The Bertz CT molecular complexity index is 1840. The number of rotatable bonds is 4. The molecule has 202 valence electrons. The molecular formula is C26H22ClFN4O5S2. The number of nitrogens with one attached hydrogen (secondary N) is 1. The van der Waals surface area contributed by atoms with Crippen LogP contribution in [0.1, 0.15) is 44.4 Å². The normalized spacial score (nSPS) is 13.5. The van der Waals surface area contributed by atoms with Crippen molar-refractivity contribution in [3.63, 3.8) is 0 Å². The molecule has 0 fully saturated rings. The van der Waals surface area contributed by atoms with Gasteiger partial charge in [-0.05, 0) is 44.0 Å². The number of thiophene rings is 1. The fourth-order valence-electron chi connectivity index (χ4n) is 4.44. The number of carbonyl (C=O) groups excluding carboxylic acids is 1. The van der Waals surface area contributed by atoms with E-state index in [1.807, 2.05) is 0 Å². The van der Waals surface area contributed by atoms with Gasteiger partial charge in [0.25, 0.3) is 0 Å². The fourth-order valence-corrected chi connectivity index (χ4v) is 6.54. The highest BCUT2D eigenvalue weighted by atomic mass is 35.5. The molecule has 0 saturated heterocycles. The molecule has 13 heteroatoms. The molecule has 9 nitrogen and oxygen atoms in total. The Hall–Kier alpha value is -3.37. The lowest BCUT2D eigenvalue weighted by molar-refractivity contribution is 0.0636. The lowest BCUT2D eigenvalue weighted by Gasteiger charge is -2.19. The molecule has 0 atom stereocenters. The number of fused-ring (bicyclic) bond motifs is 4. The van der Waals surface area contributed by atoms with Crippen LogP contribution in [0.15, 0.2) is 23.5 Å². The molecule has 1 amide bonds. The number of halogens is 2. The number of benzene rings is 2. The van der Waals surface area contributed by atoms with Crippen molar-refractivity contribution in [1.29, 1.82) is 5.26 Å². The zero-order chi connectivity index (χ0) is 28.3. The molecule has 39 heavy (non-hydrogen) atoms. The average molecular weight is 589 g/mol. The third-order valence-corrected chi connectivity index (χ3v) is 9.07. The quantitative estimate of drug-likeness (QED) is 0.273. The summed E-state index contributed by atoms with van der Waals surface area (Å²) < 4.78 is 52.3. The second kappa shape index (κ2) is 9.67. The van der Waals surface area contributed by atoms with Crippen molar-refractivity contribution in [3.05, 3.63) is 45.9 Å². The number of ether oxygens (including phenoxy) is 2. The van der Waals surface area contributed by atoms with Crippen LogP contribution in [0.4, 0.5) is 14.2 Å². The molecule has 4 aromatic rings. The summed E-state index contributed by atoms with van der Waals surface area (Å²) >= 11 is 7.97. The number of anilines is 1. The van der Waals surface area contributed by atoms with Crippen LogP contribution in [0, 0.1) is 17.1 Å². The van der Waals surface area contributed by atoms with E-state index < -0.39 is 27.3 Å². The second-order valence-corrected chi connectivity index (χ2v) is 13.4. The first-order chi connectivity index (χ1) is 18.4. The van der Waals surface area contributed by atoms with Gasteiger partial charge in [0.15, 0.2) is 0 Å². The highest BCUT2D eigenvalue weighted by Crippen LogP contribution is 2.49. The SMILES string of the molecule is CCS(=O)(=O)c1ncc2c3c(c(-c4c(F)ccc5sc(NC(=O)OC(C)(C)C)c(C#N)c45)c(Cl)c2n1)COC3. The van der Waals surface area contributed by atoms with Crippen LogP contribution in [0.2, 0.25) is 5.02 Å².